The van der Waals surface area contributed by atoms with Crippen molar-refractivity contribution >= 4 is 34.8 Å². The second-order valence-corrected chi connectivity index (χ2v) is 15.1. The number of nitrogens with one attached hydrogen (secondary N) is 1. The van der Waals surface area contributed by atoms with Gasteiger partial charge in [0.05, 0.1) is 11.9 Å². The molecule has 2 heterocycles. The Bertz CT molecular complexity index is 1380. The lowest BCUT2D eigenvalue weighted by Crippen LogP contribution is -2.49. The van der Waals surface area contributed by atoms with Crippen LogP contribution in [0.15, 0.2) is 54.6 Å². The predicted molar refractivity (Wildman–Crippen MR) is 182 cm³/mol. The summed E-state index contributed by atoms with van der Waals surface area (Å²) >= 11 is 6.43. The van der Waals surface area contributed by atoms with Crippen molar-refractivity contribution in [1.29, 1.82) is 0 Å². The van der Waals surface area contributed by atoms with Crippen LogP contribution in [-0.2, 0) is 32.4 Å². The molecule has 7 nitrogen and oxygen atoms in total. The van der Waals surface area contributed by atoms with Gasteiger partial charge in [-0.15, -0.1) is 0 Å². The third-order valence-electron chi connectivity index (χ3n) is 10.0. The Hall–Kier alpha value is -2.52. The number of amides is 1. The van der Waals surface area contributed by atoms with Crippen molar-refractivity contribution < 1.29 is 23.3 Å². The zero-order valence-electron chi connectivity index (χ0n) is 27.5. The van der Waals surface area contributed by atoms with Gasteiger partial charge in [0, 0.05) is 42.1 Å². The highest BCUT2D eigenvalue weighted by molar-refractivity contribution is 7.84. The first kappa shape index (κ1) is 35.3. The van der Waals surface area contributed by atoms with E-state index in [1.807, 2.05) is 32.1 Å². The average Bonchev–Trinajstić information content (AvgIpc) is 3.02. The summed E-state index contributed by atoms with van der Waals surface area (Å²) in [5, 5.41) is 0.432. The van der Waals surface area contributed by atoms with E-state index in [1.54, 1.807) is 31.4 Å². The summed E-state index contributed by atoms with van der Waals surface area (Å²) in [6.45, 7) is 10.2. The highest BCUT2D eigenvalue weighted by Crippen LogP contribution is 2.40. The summed E-state index contributed by atoms with van der Waals surface area (Å²) in [6.07, 6.45) is 9.08. The molecule has 1 N–H and O–H groups in total. The summed E-state index contributed by atoms with van der Waals surface area (Å²) in [6, 6.07) is 13.2. The number of ether oxygens (including phenoxy) is 2. The van der Waals surface area contributed by atoms with E-state index < -0.39 is 22.5 Å². The van der Waals surface area contributed by atoms with E-state index in [4.69, 9.17) is 21.1 Å². The molecule has 2 aromatic rings. The summed E-state index contributed by atoms with van der Waals surface area (Å²) in [4.78, 5) is 28.1. The molecule has 0 fully saturated rings. The van der Waals surface area contributed by atoms with Gasteiger partial charge in [0.25, 0.3) is 5.91 Å². The fraction of sp³-hybridized carbons (Fsp3) is 0.556. The van der Waals surface area contributed by atoms with Crippen LogP contribution < -0.4 is 9.46 Å². The van der Waals surface area contributed by atoms with Crippen molar-refractivity contribution in [3.63, 3.8) is 0 Å². The minimum absolute atomic E-state index is 0.0125. The van der Waals surface area contributed by atoms with E-state index in [1.165, 1.54) is 11.1 Å². The van der Waals surface area contributed by atoms with Crippen molar-refractivity contribution in [2.75, 3.05) is 33.9 Å². The van der Waals surface area contributed by atoms with Crippen LogP contribution in [0.4, 0.5) is 0 Å². The summed E-state index contributed by atoms with van der Waals surface area (Å²) in [7, 11) is 2.15. The van der Waals surface area contributed by atoms with Gasteiger partial charge in [-0.05, 0) is 112 Å². The molecule has 7 atom stereocenters. The van der Waals surface area contributed by atoms with Gasteiger partial charge >= 0.3 is 0 Å². The number of carbonyl (C=O) groups excluding carboxylic acids is 2. The minimum Gasteiger partial charge on any atom is -0.493 e. The Balaban J connectivity index is 1.73. The van der Waals surface area contributed by atoms with E-state index in [-0.39, 0.29) is 28.4 Å². The number of hydrogen-bond donors (Lipinski definition) is 1. The lowest BCUT2D eigenvalue weighted by molar-refractivity contribution is -0.130. The van der Waals surface area contributed by atoms with Gasteiger partial charge < -0.3 is 14.4 Å². The second kappa shape index (κ2) is 15.4. The van der Waals surface area contributed by atoms with Crippen LogP contribution in [0.2, 0.25) is 5.02 Å². The number of rotatable bonds is 3. The van der Waals surface area contributed by atoms with Crippen LogP contribution in [0.25, 0.3) is 0 Å². The molecule has 0 saturated heterocycles. The van der Waals surface area contributed by atoms with Crippen LogP contribution in [0, 0.1) is 17.8 Å². The molecular formula is C36H49ClN2O5S. The van der Waals surface area contributed by atoms with Gasteiger partial charge in [0.1, 0.15) is 22.3 Å². The van der Waals surface area contributed by atoms with Gasteiger partial charge in [-0.1, -0.05) is 44.5 Å². The topological polar surface area (TPSA) is 84.9 Å². The lowest BCUT2D eigenvalue weighted by Gasteiger charge is -2.43. The Morgan fingerprint density at radius 2 is 1.89 bits per heavy atom. The smallest absolute Gasteiger partial charge is 0.262 e. The zero-order valence-corrected chi connectivity index (χ0v) is 29.1. The molecule has 0 aromatic heterocycles. The number of aldehydes is 1. The van der Waals surface area contributed by atoms with Crippen molar-refractivity contribution in [1.82, 2.24) is 9.62 Å². The first-order valence-corrected chi connectivity index (χ1v) is 17.7. The number of benzene rings is 2. The summed E-state index contributed by atoms with van der Waals surface area (Å²) in [5.41, 5.74) is 1.57. The van der Waals surface area contributed by atoms with Gasteiger partial charge in [-0.25, -0.2) is 4.21 Å². The normalized spacial score (nSPS) is 33.0. The van der Waals surface area contributed by atoms with Crippen LogP contribution in [0.5, 0.6) is 5.75 Å². The molecule has 3 aliphatic rings. The van der Waals surface area contributed by atoms with E-state index in [0.29, 0.717) is 24.3 Å². The van der Waals surface area contributed by atoms with Gasteiger partial charge in [-0.3, -0.25) is 14.3 Å². The Kier molecular flexibility index (Phi) is 12.1. The standard InChI is InChI=1S/C36H49ClN2O5S/c1-7-32-26(3)21-39(5)22-35(18-9-11-29-20-30(37)14-17-33(29)35)24-44-31-15-12-28(13-16-31)34(41)38-45(42)27(4)25(2)10-8-19-36(32,23-40)43-6/h8,12-17,19-20,23,25-27,32H,7,9-11,18,21-22,24H2,1-6H3,(H,38,41)/b19-8+/t25?,26?,27?,32?,35-,36-,45?/m0/s1. The molecule has 2 aromatic carbocycles. The molecule has 0 radical (unpaired) electrons. The number of aryl methyl sites for hydroxylation is 1. The fourth-order valence-electron chi connectivity index (χ4n) is 7.32. The molecule has 1 amide bonds. The Labute approximate surface area is 276 Å². The van der Waals surface area contributed by atoms with Crippen molar-refractivity contribution in [2.24, 2.45) is 17.8 Å². The molecule has 0 saturated carbocycles. The highest BCUT2D eigenvalue weighted by atomic mass is 35.5. The molecule has 2 aliphatic heterocycles. The average molecular weight is 657 g/mol. The third kappa shape index (κ3) is 8.07. The van der Waals surface area contributed by atoms with Gasteiger partial charge in [-0.2, -0.15) is 0 Å². The minimum atomic E-state index is -1.59. The molecule has 5 unspecified atom stereocenters. The first-order valence-electron chi connectivity index (χ1n) is 16.1. The Morgan fingerprint density at radius 1 is 1.16 bits per heavy atom. The number of allylic oxidation sites excluding steroid dienone is 1. The monoisotopic (exact) mass is 656 g/mol. The number of fused-ring (bicyclic) bond motifs is 16. The van der Waals surface area contributed by atoms with Gasteiger partial charge in [0.2, 0.25) is 0 Å². The van der Waals surface area contributed by atoms with Crippen molar-refractivity contribution in [3.05, 3.63) is 76.3 Å². The lowest BCUT2D eigenvalue weighted by atomic mass is 9.69. The molecule has 1 spiro atoms. The maximum atomic E-state index is 13.1. The SMILES string of the molecule is CCC1C(C)CN(C)C[C@@]2(CCCc3cc(Cl)ccc32)COc2ccc(cc2)C(=O)NS(=O)C(C)C(C)C/C=C/[C@@]1(C=O)OC. The van der Waals surface area contributed by atoms with Crippen LogP contribution in [0.1, 0.15) is 74.9 Å². The third-order valence-corrected chi connectivity index (χ3v) is 11.8. The maximum Gasteiger partial charge on any atom is 0.262 e. The number of hydrogen-bond acceptors (Lipinski definition) is 6. The Morgan fingerprint density at radius 3 is 2.56 bits per heavy atom. The fourth-order valence-corrected chi connectivity index (χ4v) is 8.53. The van der Waals surface area contributed by atoms with Crippen molar-refractivity contribution in [2.45, 2.75) is 76.1 Å². The molecule has 9 heteroatoms. The highest BCUT2D eigenvalue weighted by Gasteiger charge is 2.42. The molecule has 5 rings (SSSR count). The number of halogens is 1. The summed E-state index contributed by atoms with van der Waals surface area (Å²) < 4.78 is 28.2. The quantitative estimate of drug-likeness (QED) is 0.298. The molecule has 1 aliphatic carbocycles. The van der Waals surface area contributed by atoms with E-state index in [9.17, 15) is 13.8 Å². The first-order chi connectivity index (χ1) is 21.5. The largest absolute Gasteiger partial charge is 0.493 e. The molecule has 246 valence electrons. The van der Waals surface area contributed by atoms with Gasteiger partial charge in [0.15, 0.2) is 6.29 Å². The zero-order chi connectivity index (χ0) is 32.8. The molecular weight excluding hydrogens is 608 g/mol. The predicted octanol–water partition coefficient (Wildman–Crippen LogP) is 6.55. The maximum absolute atomic E-state index is 13.1. The van der Waals surface area contributed by atoms with Crippen LogP contribution in [-0.4, -0.2) is 66.0 Å². The molecule has 2 bridgehead atoms. The van der Waals surface area contributed by atoms with Crippen molar-refractivity contribution in [3.8, 4) is 5.75 Å². The number of likely N-dealkylation sites (N-methyl/N-ethyl adjacent to an activating group) is 1. The summed E-state index contributed by atoms with van der Waals surface area (Å²) in [5.74, 6) is 0.348. The van der Waals surface area contributed by atoms with Crippen LogP contribution >= 0.6 is 11.6 Å². The van der Waals surface area contributed by atoms with Crippen LogP contribution in [0.3, 0.4) is 0 Å². The van der Waals surface area contributed by atoms with E-state index in [2.05, 4.69) is 42.6 Å². The van der Waals surface area contributed by atoms with E-state index in [0.717, 1.165) is 50.1 Å². The number of nitrogens with zero attached hydrogens (tertiary/aromatic N) is 1. The second-order valence-electron chi connectivity index (χ2n) is 13.2. The number of methoxy groups -OCH3 is 1. The molecule has 45 heavy (non-hydrogen) atoms. The number of carbonyl (C=O) groups is 2. The van der Waals surface area contributed by atoms with E-state index >= 15 is 0 Å².